The third-order valence-corrected chi connectivity index (χ3v) is 5.22. The smallest absolute Gasteiger partial charge is 0.0709 e. The zero-order chi connectivity index (χ0) is 9.85. The van der Waals surface area contributed by atoms with Gasteiger partial charge < -0.3 is 4.74 Å². The Hall–Kier alpha value is -0.0400. The molecule has 0 aliphatic heterocycles. The van der Waals surface area contributed by atoms with Gasteiger partial charge in [-0.2, -0.15) is 0 Å². The highest BCUT2D eigenvalue weighted by Crippen LogP contribution is 2.65. The molecule has 3 rings (SSSR count). The standard InChI is InChI=1S/C12H22O/c1-8-6-9-7-10(11(9,2)3)12(8,4)13-5/h8-10H,6-7H2,1-5H3. The van der Waals surface area contributed by atoms with Crippen molar-refractivity contribution in [3.8, 4) is 0 Å². The van der Waals surface area contributed by atoms with Gasteiger partial charge in [0.25, 0.3) is 0 Å². The highest BCUT2D eigenvalue weighted by atomic mass is 16.5. The summed E-state index contributed by atoms with van der Waals surface area (Å²) < 4.78 is 5.78. The third-order valence-electron chi connectivity index (χ3n) is 5.22. The van der Waals surface area contributed by atoms with Gasteiger partial charge in [0.15, 0.2) is 0 Å². The van der Waals surface area contributed by atoms with Crippen molar-refractivity contribution in [2.45, 2.75) is 46.1 Å². The summed E-state index contributed by atoms with van der Waals surface area (Å²) in [6, 6.07) is 0. The maximum absolute atomic E-state index is 5.78. The number of ether oxygens (including phenoxy) is 1. The summed E-state index contributed by atoms with van der Waals surface area (Å²) in [6.45, 7) is 9.47. The van der Waals surface area contributed by atoms with Gasteiger partial charge in [0.1, 0.15) is 0 Å². The molecule has 0 spiro atoms. The first kappa shape index (κ1) is 9.51. The lowest BCUT2D eigenvalue weighted by molar-refractivity contribution is -0.233. The van der Waals surface area contributed by atoms with Crippen LogP contribution < -0.4 is 0 Å². The van der Waals surface area contributed by atoms with Gasteiger partial charge >= 0.3 is 0 Å². The van der Waals surface area contributed by atoms with Crippen LogP contribution in [0, 0.1) is 23.2 Å². The van der Waals surface area contributed by atoms with Crippen molar-refractivity contribution in [3.05, 3.63) is 0 Å². The topological polar surface area (TPSA) is 9.23 Å². The van der Waals surface area contributed by atoms with Crippen LogP contribution in [-0.4, -0.2) is 12.7 Å². The summed E-state index contributed by atoms with van der Waals surface area (Å²) in [4.78, 5) is 0. The van der Waals surface area contributed by atoms with Crippen LogP contribution in [0.4, 0.5) is 0 Å². The van der Waals surface area contributed by atoms with E-state index in [1.54, 1.807) is 0 Å². The fourth-order valence-corrected chi connectivity index (χ4v) is 3.74. The van der Waals surface area contributed by atoms with Crippen molar-refractivity contribution in [1.82, 2.24) is 0 Å². The van der Waals surface area contributed by atoms with Crippen molar-refractivity contribution < 1.29 is 4.74 Å². The number of hydrogen-bond acceptors (Lipinski definition) is 1. The van der Waals surface area contributed by atoms with Gasteiger partial charge in [-0.05, 0) is 42.9 Å². The van der Waals surface area contributed by atoms with Crippen molar-refractivity contribution in [1.29, 1.82) is 0 Å². The van der Waals surface area contributed by atoms with E-state index in [9.17, 15) is 0 Å². The predicted molar refractivity (Wildman–Crippen MR) is 54.6 cm³/mol. The molecule has 3 aliphatic rings. The Labute approximate surface area is 81.9 Å². The van der Waals surface area contributed by atoms with E-state index in [0.29, 0.717) is 5.41 Å². The molecule has 0 radical (unpaired) electrons. The summed E-state index contributed by atoms with van der Waals surface area (Å²) in [5.74, 6) is 2.46. The first-order chi connectivity index (χ1) is 5.93. The fraction of sp³-hybridized carbons (Fsp3) is 1.00. The quantitative estimate of drug-likeness (QED) is 0.605. The average Bonchev–Trinajstić information content (AvgIpc) is 2.08. The van der Waals surface area contributed by atoms with Gasteiger partial charge in [0.05, 0.1) is 5.60 Å². The van der Waals surface area contributed by atoms with Crippen molar-refractivity contribution in [3.63, 3.8) is 0 Å². The molecule has 3 aliphatic carbocycles. The van der Waals surface area contributed by atoms with E-state index in [-0.39, 0.29) is 5.60 Å². The van der Waals surface area contributed by atoms with Crippen molar-refractivity contribution in [2.75, 3.05) is 7.11 Å². The van der Waals surface area contributed by atoms with Crippen LogP contribution in [0.1, 0.15) is 40.5 Å². The molecule has 0 amide bonds. The second kappa shape index (κ2) is 2.50. The van der Waals surface area contributed by atoms with E-state index in [1.165, 1.54) is 12.8 Å². The predicted octanol–water partition coefficient (Wildman–Crippen LogP) is 3.09. The molecule has 4 unspecified atom stereocenters. The molecule has 0 saturated heterocycles. The number of fused-ring (bicyclic) bond motifs is 2. The Morgan fingerprint density at radius 3 is 2.15 bits per heavy atom. The Bertz CT molecular complexity index is 221. The van der Waals surface area contributed by atoms with Gasteiger partial charge in [-0.3, -0.25) is 0 Å². The summed E-state index contributed by atoms with van der Waals surface area (Å²) in [5, 5.41) is 0. The Morgan fingerprint density at radius 2 is 1.77 bits per heavy atom. The van der Waals surface area contributed by atoms with Crippen LogP contribution in [0.3, 0.4) is 0 Å². The molecule has 0 aromatic heterocycles. The molecule has 0 aromatic carbocycles. The van der Waals surface area contributed by atoms with Crippen molar-refractivity contribution >= 4 is 0 Å². The molecular weight excluding hydrogens is 160 g/mol. The fourth-order valence-electron chi connectivity index (χ4n) is 3.74. The summed E-state index contributed by atoms with van der Waals surface area (Å²) >= 11 is 0. The average molecular weight is 182 g/mol. The molecule has 0 heterocycles. The zero-order valence-electron chi connectivity index (χ0n) is 9.55. The number of rotatable bonds is 1. The van der Waals surface area contributed by atoms with E-state index >= 15 is 0 Å². The van der Waals surface area contributed by atoms with Crippen LogP contribution >= 0.6 is 0 Å². The van der Waals surface area contributed by atoms with Gasteiger partial charge in [-0.25, -0.2) is 0 Å². The molecule has 76 valence electrons. The summed E-state index contributed by atoms with van der Waals surface area (Å²) in [7, 11) is 1.88. The third kappa shape index (κ3) is 0.971. The zero-order valence-corrected chi connectivity index (χ0v) is 9.55. The molecular formula is C12H22O. The summed E-state index contributed by atoms with van der Waals surface area (Å²) in [5.41, 5.74) is 0.662. The minimum absolute atomic E-state index is 0.137. The van der Waals surface area contributed by atoms with Crippen LogP contribution in [0.5, 0.6) is 0 Å². The molecule has 0 N–H and O–H groups in total. The highest BCUT2D eigenvalue weighted by Gasteiger charge is 2.62. The highest BCUT2D eigenvalue weighted by molar-refractivity contribution is 5.11. The second-order valence-corrected chi connectivity index (χ2v) is 5.83. The van der Waals surface area contributed by atoms with E-state index < -0.39 is 0 Å². The normalized spacial score (nSPS) is 52.8. The van der Waals surface area contributed by atoms with Crippen LogP contribution in [0.25, 0.3) is 0 Å². The monoisotopic (exact) mass is 182 g/mol. The largest absolute Gasteiger partial charge is 0.378 e. The molecule has 0 aromatic rings. The number of hydrogen-bond donors (Lipinski definition) is 0. The lowest BCUT2D eigenvalue weighted by Gasteiger charge is -2.66. The van der Waals surface area contributed by atoms with E-state index in [0.717, 1.165) is 17.8 Å². The molecule has 4 atom stereocenters. The maximum Gasteiger partial charge on any atom is 0.0709 e. The maximum atomic E-state index is 5.78. The Morgan fingerprint density at radius 1 is 1.15 bits per heavy atom. The van der Waals surface area contributed by atoms with Crippen LogP contribution in [0.2, 0.25) is 0 Å². The SMILES string of the molecule is COC1(C)C(C)CC2CC1C2(C)C. The van der Waals surface area contributed by atoms with Crippen LogP contribution in [-0.2, 0) is 4.74 Å². The van der Waals surface area contributed by atoms with Gasteiger partial charge in [-0.15, -0.1) is 0 Å². The molecule has 13 heavy (non-hydrogen) atoms. The Kier molecular flexibility index (Phi) is 1.83. The molecule has 2 bridgehead atoms. The minimum atomic E-state index is 0.137. The first-order valence-electron chi connectivity index (χ1n) is 5.48. The lowest BCUT2D eigenvalue weighted by Crippen LogP contribution is -2.64. The van der Waals surface area contributed by atoms with E-state index in [1.807, 2.05) is 7.11 Å². The molecule has 1 heteroatoms. The van der Waals surface area contributed by atoms with Gasteiger partial charge in [0.2, 0.25) is 0 Å². The lowest BCUT2D eigenvalue weighted by atomic mass is 9.42. The molecule has 3 fully saturated rings. The van der Waals surface area contributed by atoms with E-state index in [4.69, 9.17) is 4.74 Å². The van der Waals surface area contributed by atoms with E-state index in [2.05, 4.69) is 27.7 Å². The molecule has 1 nitrogen and oxygen atoms in total. The van der Waals surface area contributed by atoms with Crippen molar-refractivity contribution in [2.24, 2.45) is 23.2 Å². The first-order valence-corrected chi connectivity index (χ1v) is 5.48. The second-order valence-electron chi connectivity index (χ2n) is 5.83. The van der Waals surface area contributed by atoms with Gasteiger partial charge in [0, 0.05) is 7.11 Å². The van der Waals surface area contributed by atoms with Crippen LogP contribution in [0.15, 0.2) is 0 Å². The summed E-state index contributed by atoms with van der Waals surface area (Å²) in [6.07, 6.45) is 2.75. The molecule has 3 saturated carbocycles. The Balaban J connectivity index is 2.27. The van der Waals surface area contributed by atoms with Gasteiger partial charge in [-0.1, -0.05) is 20.8 Å². The number of methoxy groups -OCH3 is 1. The minimum Gasteiger partial charge on any atom is -0.378 e.